The molecule has 1 N–H and O–H groups in total. The largest absolute Gasteiger partial charge is 0.572 e. The summed E-state index contributed by atoms with van der Waals surface area (Å²) in [5.41, 5.74) is -3.17. The van der Waals surface area contributed by atoms with Crippen LogP contribution in [0.3, 0.4) is 0 Å². The van der Waals surface area contributed by atoms with E-state index in [-0.39, 0.29) is 0 Å². The topological polar surface area (TPSA) is 74.6 Å². The Bertz CT molecular complexity index is 930. The smallest absolute Gasteiger partial charge is 0.405 e. The van der Waals surface area contributed by atoms with Gasteiger partial charge in [0.2, 0.25) is 5.67 Å². The van der Waals surface area contributed by atoms with Crippen LogP contribution in [0.15, 0.2) is 47.2 Å². The van der Waals surface area contributed by atoms with Gasteiger partial charge < -0.3 is 4.74 Å². The molecule has 3 rings (SSSR count). The van der Waals surface area contributed by atoms with Crippen molar-refractivity contribution in [3.05, 3.63) is 64.2 Å². The number of hydrogen-bond donors (Lipinski definition) is 1. The van der Waals surface area contributed by atoms with E-state index in [2.05, 4.69) is 14.9 Å². The van der Waals surface area contributed by atoms with Gasteiger partial charge in [-0.1, -0.05) is 41.9 Å². The van der Waals surface area contributed by atoms with Crippen molar-refractivity contribution in [1.29, 1.82) is 5.26 Å². The molecule has 2 aromatic rings. The lowest BCUT2D eigenvalue weighted by Crippen LogP contribution is -2.33. The third-order valence-corrected chi connectivity index (χ3v) is 3.98. The number of aromatic amines is 1. The van der Waals surface area contributed by atoms with Crippen LogP contribution in [-0.4, -0.2) is 21.8 Å². The van der Waals surface area contributed by atoms with Crippen molar-refractivity contribution < 1.29 is 22.3 Å². The zero-order valence-corrected chi connectivity index (χ0v) is 13.6. The van der Waals surface area contributed by atoms with Crippen LogP contribution in [0.2, 0.25) is 0 Å². The molecule has 5 nitrogen and oxygen atoms in total. The summed E-state index contributed by atoms with van der Waals surface area (Å²) in [4.78, 5) is 0. The highest BCUT2D eigenvalue weighted by Crippen LogP contribution is 2.49. The van der Waals surface area contributed by atoms with E-state index in [1.807, 2.05) is 5.21 Å². The maximum atomic E-state index is 15.9. The van der Waals surface area contributed by atoms with Gasteiger partial charge in [-0.15, -0.1) is 18.3 Å². The number of alkyl halides is 4. The van der Waals surface area contributed by atoms with E-state index in [0.717, 1.165) is 0 Å². The average molecular weight is 385 g/mol. The molecule has 10 heteroatoms. The number of hydrogen-bond acceptors (Lipinski definition) is 4. The summed E-state index contributed by atoms with van der Waals surface area (Å²) in [6, 6.07) is 10.00. The molecule has 0 bridgehead atoms. The summed E-state index contributed by atoms with van der Waals surface area (Å²) in [6.07, 6.45) is -4.55. The van der Waals surface area contributed by atoms with E-state index < -0.39 is 40.6 Å². The average Bonchev–Trinajstić information content (AvgIpc) is 3.07. The fraction of sp³-hybridized carbons (Fsp3) is 0.188. The molecule has 0 radical (unpaired) electrons. The maximum Gasteiger partial charge on any atom is 0.572 e. The number of rotatable bonds is 3. The Morgan fingerprint density at radius 1 is 1.23 bits per heavy atom. The van der Waals surface area contributed by atoms with Gasteiger partial charge >= 0.3 is 6.36 Å². The zero-order valence-electron chi connectivity index (χ0n) is 12.8. The first-order chi connectivity index (χ1) is 12.2. The van der Waals surface area contributed by atoms with Crippen molar-refractivity contribution in [1.82, 2.24) is 15.4 Å². The second kappa shape index (κ2) is 6.46. The van der Waals surface area contributed by atoms with Crippen molar-refractivity contribution >= 4 is 17.2 Å². The van der Waals surface area contributed by atoms with Gasteiger partial charge in [-0.05, 0) is 17.2 Å². The highest BCUT2D eigenvalue weighted by atomic mass is 35.5. The van der Waals surface area contributed by atoms with Gasteiger partial charge in [-0.2, -0.15) is 15.6 Å². The van der Waals surface area contributed by atoms with Crippen LogP contribution in [0.1, 0.15) is 23.4 Å². The summed E-state index contributed by atoms with van der Waals surface area (Å²) in [6.45, 7) is 0. The van der Waals surface area contributed by atoms with E-state index in [9.17, 15) is 13.2 Å². The molecule has 0 saturated heterocycles. The fourth-order valence-electron chi connectivity index (χ4n) is 2.66. The minimum absolute atomic E-state index is 0.319. The summed E-state index contributed by atoms with van der Waals surface area (Å²) >= 11 is 5.93. The van der Waals surface area contributed by atoms with Gasteiger partial charge in [-0.3, -0.25) is 0 Å². The third kappa shape index (κ3) is 3.28. The van der Waals surface area contributed by atoms with E-state index in [1.165, 1.54) is 6.08 Å². The summed E-state index contributed by atoms with van der Waals surface area (Å²) < 4.78 is 58.1. The highest BCUT2D eigenvalue weighted by Gasteiger charge is 2.51. The van der Waals surface area contributed by atoms with Crippen molar-refractivity contribution in [3.63, 3.8) is 0 Å². The van der Waals surface area contributed by atoms with E-state index in [4.69, 9.17) is 16.9 Å². The number of nitrogens with zero attached hydrogens (tertiary/aromatic N) is 3. The molecule has 1 aromatic carbocycles. The Labute approximate surface area is 149 Å². The second-order valence-corrected chi connectivity index (χ2v) is 5.78. The van der Waals surface area contributed by atoms with Gasteiger partial charge in [-0.25, -0.2) is 4.39 Å². The molecule has 1 unspecified atom stereocenters. The van der Waals surface area contributed by atoms with Crippen LogP contribution in [0.5, 0.6) is 0 Å². The summed E-state index contributed by atoms with van der Waals surface area (Å²) in [5, 5.41) is 17.5. The predicted octanol–water partition coefficient (Wildman–Crippen LogP) is 4.32. The molecule has 0 fully saturated rings. The number of allylic oxidation sites excluding steroid dienone is 4. The van der Waals surface area contributed by atoms with Crippen molar-refractivity contribution in [2.45, 2.75) is 18.5 Å². The number of ether oxygens (including phenoxy) is 1. The van der Waals surface area contributed by atoms with Gasteiger partial charge in [0, 0.05) is 6.42 Å². The highest BCUT2D eigenvalue weighted by molar-refractivity contribution is 6.32. The molecule has 1 aliphatic carbocycles. The molecule has 1 aliphatic rings. The molecule has 26 heavy (non-hydrogen) atoms. The summed E-state index contributed by atoms with van der Waals surface area (Å²) in [5.74, 6) is -1.18. The van der Waals surface area contributed by atoms with Gasteiger partial charge in [0.15, 0.2) is 11.5 Å². The van der Waals surface area contributed by atoms with Crippen molar-refractivity contribution in [2.24, 2.45) is 0 Å². The predicted molar refractivity (Wildman–Crippen MR) is 82.9 cm³/mol. The quantitative estimate of drug-likeness (QED) is 0.800. The fourth-order valence-corrected chi connectivity index (χ4v) is 2.98. The molecule has 1 atom stereocenters. The standard InChI is InChI=1S/C16H9ClF4N4O/c17-11-6-10(9-4-2-1-3-5-9)7-15(18,14(11)26-16(19,20)21)13-12(8-22)23-25-24-13/h1-6H,7H2,(H,23,24,25). The first-order valence-corrected chi connectivity index (χ1v) is 7.54. The Morgan fingerprint density at radius 3 is 2.54 bits per heavy atom. The van der Waals surface area contributed by atoms with Crippen LogP contribution in [0.4, 0.5) is 17.6 Å². The van der Waals surface area contributed by atoms with Crippen LogP contribution in [-0.2, 0) is 10.4 Å². The number of nitrogens with one attached hydrogen (secondary N) is 1. The number of benzene rings is 1. The van der Waals surface area contributed by atoms with Crippen molar-refractivity contribution in [3.8, 4) is 6.07 Å². The monoisotopic (exact) mass is 384 g/mol. The maximum absolute atomic E-state index is 15.9. The molecule has 0 spiro atoms. The zero-order chi connectivity index (χ0) is 18.9. The molecule has 1 aromatic heterocycles. The van der Waals surface area contributed by atoms with E-state index >= 15 is 4.39 Å². The SMILES string of the molecule is N#Cc1n[nH]nc1C1(F)CC(c2ccccc2)=CC(Cl)=C1OC(F)(F)F. The molecular formula is C16H9ClF4N4O. The van der Waals surface area contributed by atoms with Gasteiger partial charge in [0.25, 0.3) is 0 Å². The lowest BCUT2D eigenvalue weighted by atomic mass is 9.83. The lowest BCUT2D eigenvalue weighted by molar-refractivity contribution is -0.313. The Kier molecular flexibility index (Phi) is 4.46. The summed E-state index contributed by atoms with van der Waals surface area (Å²) in [7, 11) is 0. The molecule has 1 heterocycles. The van der Waals surface area contributed by atoms with Crippen LogP contribution < -0.4 is 0 Å². The number of nitriles is 1. The molecule has 0 amide bonds. The normalized spacial score (nSPS) is 20.5. The van der Waals surface area contributed by atoms with E-state index in [0.29, 0.717) is 11.1 Å². The molecular weight excluding hydrogens is 376 g/mol. The number of H-pyrrole nitrogens is 1. The minimum atomic E-state index is -5.18. The van der Waals surface area contributed by atoms with Crippen LogP contribution >= 0.6 is 11.6 Å². The minimum Gasteiger partial charge on any atom is -0.405 e. The van der Waals surface area contributed by atoms with Gasteiger partial charge in [0.05, 0.1) is 5.03 Å². The molecule has 134 valence electrons. The molecule has 0 aliphatic heterocycles. The number of aromatic nitrogens is 3. The van der Waals surface area contributed by atoms with Crippen LogP contribution in [0.25, 0.3) is 5.57 Å². The Balaban J connectivity index is 2.18. The van der Waals surface area contributed by atoms with Crippen LogP contribution in [0, 0.1) is 11.3 Å². The lowest BCUT2D eigenvalue weighted by Gasteiger charge is -2.31. The Morgan fingerprint density at radius 2 is 1.92 bits per heavy atom. The first-order valence-electron chi connectivity index (χ1n) is 7.17. The van der Waals surface area contributed by atoms with Gasteiger partial charge in [0.1, 0.15) is 11.8 Å². The second-order valence-electron chi connectivity index (χ2n) is 5.37. The number of halogens is 5. The third-order valence-electron chi connectivity index (χ3n) is 3.70. The van der Waals surface area contributed by atoms with Crippen molar-refractivity contribution in [2.75, 3.05) is 0 Å². The Hall–Kier alpha value is -2.86. The first kappa shape index (κ1) is 17.9. The van der Waals surface area contributed by atoms with E-state index in [1.54, 1.807) is 36.4 Å². The molecule has 0 saturated carbocycles.